The van der Waals surface area contributed by atoms with E-state index in [0.29, 0.717) is 11.4 Å². The molecular formula is C17H20F2N2O3. The van der Waals surface area contributed by atoms with Gasteiger partial charge in [0.1, 0.15) is 17.1 Å². The van der Waals surface area contributed by atoms with Gasteiger partial charge in [0.25, 0.3) is 0 Å². The lowest BCUT2D eigenvalue weighted by atomic mass is 10.2. The van der Waals surface area contributed by atoms with Gasteiger partial charge in [-0.2, -0.15) is 13.9 Å². The number of aryl methyl sites for hydroxylation is 1. The van der Waals surface area contributed by atoms with Crippen molar-refractivity contribution in [2.45, 2.75) is 33.6 Å². The number of rotatable bonds is 2. The fourth-order valence-electron chi connectivity index (χ4n) is 2.29. The third-order valence-electron chi connectivity index (χ3n) is 3.32. The molecule has 0 bridgehead atoms. The summed E-state index contributed by atoms with van der Waals surface area (Å²) >= 11 is 0. The van der Waals surface area contributed by atoms with Gasteiger partial charge in [-0.05, 0) is 31.5 Å². The fourth-order valence-corrected chi connectivity index (χ4v) is 2.29. The zero-order valence-corrected chi connectivity index (χ0v) is 14.1. The van der Waals surface area contributed by atoms with Crippen molar-refractivity contribution in [3.05, 3.63) is 41.2 Å². The SMILES string of the molecule is CC.CCOC(=O)c1cc2n(n1)-c1cc(C)ccc1OCC2(F)F. The van der Waals surface area contributed by atoms with Gasteiger partial charge in [-0.25, -0.2) is 9.48 Å². The van der Waals surface area contributed by atoms with Crippen LogP contribution in [0, 0.1) is 6.92 Å². The molecule has 0 aliphatic carbocycles. The maximum absolute atomic E-state index is 14.2. The summed E-state index contributed by atoms with van der Waals surface area (Å²) in [7, 11) is 0. The first-order chi connectivity index (χ1) is 11.4. The van der Waals surface area contributed by atoms with Crippen LogP contribution < -0.4 is 4.74 Å². The number of alkyl halides is 2. The normalized spacial score (nSPS) is 14.2. The Kier molecular flexibility index (Phi) is 5.21. The minimum atomic E-state index is -3.26. The molecule has 24 heavy (non-hydrogen) atoms. The van der Waals surface area contributed by atoms with E-state index >= 15 is 0 Å². The molecule has 2 heterocycles. The number of hydrogen-bond acceptors (Lipinski definition) is 4. The zero-order valence-electron chi connectivity index (χ0n) is 14.1. The van der Waals surface area contributed by atoms with Crippen LogP contribution in [0.4, 0.5) is 8.78 Å². The molecule has 1 aliphatic rings. The van der Waals surface area contributed by atoms with E-state index in [0.717, 1.165) is 16.3 Å². The molecule has 0 spiro atoms. The van der Waals surface area contributed by atoms with E-state index in [2.05, 4.69) is 5.10 Å². The Bertz CT molecular complexity index is 741. The summed E-state index contributed by atoms with van der Waals surface area (Å²) in [6.45, 7) is 6.81. The van der Waals surface area contributed by atoms with Crippen LogP contribution in [0.25, 0.3) is 5.69 Å². The van der Waals surface area contributed by atoms with E-state index < -0.39 is 18.5 Å². The zero-order chi connectivity index (χ0) is 17.9. The minimum absolute atomic E-state index is 0.147. The Morgan fingerprint density at radius 2 is 2.08 bits per heavy atom. The van der Waals surface area contributed by atoms with Crippen LogP contribution in [-0.4, -0.2) is 29.0 Å². The Morgan fingerprint density at radius 3 is 2.75 bits per heavy atom. The van der Waals surface area contributed by atoms with Crippen LogP contribution >= 0.6 is 0 Å². The van der Waals surface area contributed by atoms with Crippen LogP contribution in [0.15, 0.2) is 24.3 Å². The van der Waals surface area contributed by atoms with Crippen LogP contribution in [-0.2, 0) is 10.7 Å². The van der Waals surface area contributed by atoms with Gasteiger partial charge in [-0.3, -0.25) is 0 Å². The summed E-state index contributed by atoms with van der Waals surface area (Å²) in [4.78, 5) is 11.8. The molecule has 0 amide bonds. The first-order valence-corrected chi connectivity index (χ1v) is 7.81. The number of carbonyl (C=O) groups excluding carboxylic acids is 1. The Labute approximate surface area is 139 Å². The number of esters is 1. The number of nitrogens with zero attached hydrogens (tertiary/aromatic N) is 2. The third kappa shape index (κ3) is 3.25. The maximum atomic E-state index is 14.2. The highest BCUT2D eigenvalue weighted by atomic mass is 19.3. The van der Waals surface area contributed by atoms with Crippen LogP contribution in [0.2, 0.25) is 0 Å². The van der Waals surface area contributed by atoms with Gasteiger partial charge in [0.2, 0.25) is 0 Å². The Morgan fingerprint density at radius 1 is 1.38 bits per heavy atom. The highest BCUT2D eigenvalue weighted by molar-refractivity contribution is 5.87. The van der Waals surface area contributed by atoms with Crippen molar-refractivity contribution < 1.29 is 23.0 Å². The number of carbonyl (C=O) groups is 1. The molecule has 0 unspecified atom stereocenters. The standard InChI is InChI=1S/C15H14F2N2O3.C2H6/c1-3-21-14(20)10-7-13-15(16,17)8-22-12-5-4-9(2)6-11(12)19(13)18-10;1-2/h4-7H,3,8H2,1-2H3;1-2H3. The summed E-state index contributed by atoms with van der Waals surface area (Å²) in [6.07, 6.45) is 0. The predicted octanol–water partition coefficient (Wildman–Crippen LogP) is 3.87. The number of benzene rings is 1. The third-order valence-corrected chi connectivity index (χ3v) is 3.32. The lowest BCUT2D eigenvalue weighted by Crippen LogP contribution is -2.23. The summed E-state index contributed by atoms with van der Waals surface area (Å²) in [5.74, 6) is -3.69. The van der Waals surface area contributed by atoms with E-state index in [1.807, 2.05) is 20.8 Å². The molecule has 0 radical (unpaired) electrons. The second-order valence-corrected chi connectivity index (χ2v) is 5.01. The van der Waals surface area contributed by atoms with Crippen molar-refractivity contribution in [1.29, 1.82) is 0 Å². The summed E-state index contributed by atoms with van der Waals surface area (Å²) in [5, 5.41) is 3.99. The molecule has 7 heteroatoms. The largest absolute Gasteiger partial charge is 0.485 e. The first kappa shape index (κ1) is 17.9. The van der Waals surface area contributed by atoms with Crippen LogP contribution in [0.3, 0.4) is 0 Å². The topological polar surface area (TPSA) is 53.4 Å². The van der Waals surface area contributed by atoms with Crippen molar-refractivity contribution >= 4 is 5.97 Å². The molecule has 2 aromatic rings. The van der Waals surface area contributed by atoms with Crippen molar-refractivity contribution in [2.24, 2.45) is 0 Å². The lowest BCUT2D eigenvalue weighted by molar-refractivity contribution is -0.0487. The van der Waals surface area contributed by atoms with Crippen LogP contribution in [0.1, 0.15) is 42.5 Å². The average Bonchev–Trinajstić information content (AvgIpc) is 2.98. The number of ether oxygens (including phenoxy) is 2. The molecule has 3 rings (SSSR count). The van der Waals surface area contributed by atoms with Crippen molar-refractivity contribution in [1.82, 2.24) is 9.78 Å². The van der Waals surface area contributed by atoms with Crippen LogP contribution in [0.5, 0.6) is 5.75 Å². The number of fused-ring (bicyclic) bond motifs is 3. The van der Waals surface area contributed by atoms with Gasteiger partial charge >= 0.3 is 11.9 Å². The van der Waals surface area contributed by atoms with E-state index in [1.54, 1.807) is 25.1 Å². The second kappa shape index (κ2) is 6.98. The molecule has 130 valence electrons. The van der Waals surface area contributed by atoms with E-state index in [1.165, 1.54) is 0 Å². The number of aromatic nitrogens is 2. The van der Waals surface area contributed by atoms with Gasteiger partial charge in [-0.1, -0.05) is 19.9 Å². The van der Waals surface area contributed by atoms with E-state index in [-0.39, 0.29) is 18.0 Å². The highest BCUT2D eigenvalue weighted by Crippen LogP contribution is 2.37. The maximum Gasteiger partial charge on any atom is 0.358 e. The molecule has 0 saturated carbocycles. The molecule has 0 N–H and O–H groups in total. The monoisotopic (exact) mass is 338 g/mol. The van der Waals surface area contributed by atoms with Crippen molar-refractivity contribution in [3.63, 3.8) is 0 Å². The summed E-state index contributed by atoms with van der Waals surface area (Å²) in [5.41, 5.74) is 0.709. The van der Waals surface area contributed by atoms with Gasteiger partial charge in [0, 0.05) is 6.07 Å². The number of halogens is 2. The smallest absolute Gasteiger partial charge is 0.358 e. The first-order valence-electron chi connectivity index (χ1n) is 7.81. The van der Waals surface area contributed by atoms with Gasteiger partial charge in [0.15, 0.2) is 12.3 Å². The van der Waals surface area contributed by atoms with Gasteiger partial charge in [0.05, 0.1) is 6.61 Å². The van der Waals surface area contributed by atoms with Crippen molar-refractivity contribution in [3.8, 4) is 11.4 Å². The average molecular weight is 338 g/mol. The second-order valence-electron chi connectivity index (χ2n) is 5.01. The lowest BCUT2D eigenvalue weighted by Gasteiger charge is -2.12. The molecular weight excluding hydrogens is 318 g/mol. The molecule has 0 atom stereocenters. The summed E-state index contributed by atoms with van der Waals surface area (Å²) in [6, 6.07) is 6.11. The molecule has 1 aromatic heterocycles. The van der Waals surface area contributed by atoms with E-state index in [9.17, 15) is 13.6 Å². The van der Waals surface area contributed by atoms with Crippen molar-refractivity contribution in [2.75, 3.05) is 13.2 Å². The quantitative estimate of drug-likeness (QED) is 0.780. The molecule has 1 aromatic carbocycles. The fraction of sp³-hybridized carbons (Fsp3) is 0.412. The Hall–Kier alpha value is -2.44. The highest BCUT2D eigenvalue weighted by Gasteiger charge is 2.41. The minimum Gasteiger partial charge on any atom is -0.485 e. The molecule has 0 fully saturated rings. The summed E-state index contributed by atoms with van der Waals surface area (Å²) < 4.78 is 39.6. The molecule has 1 aliphatic heterocycles. The van der Waals surface area contributed by atoms with Gasteiger partial charge < -0.3 is 9.47 Å². The molecule has 0 saturated heterocycles. The molecule has 5 nitrogen and oxygen atoms in total. The Balaban J connectivity index is 0.00000100. The van der Waals surface area contributed by atoms with Gasteiger partial charge in [-0.15, -0.1) is 0 Å². The van der Waals surface area contributed by atoms with E-state index in [4.69, 9.17) is 9.47 Å². The predicted molar refractivity (Wildman–Crippen MR) is 85.0 cm³/mol. The number of hydrogen-bond donors (Lipinski definition) is 0.